The molecule has 0 amide bonds. The lowest BCUT2D eigenvalue weighted by molar-refractivity contribution is 0.407. The summed E-state index contributed by atoms with van der Waals surface area (Å²) in [5.74, 6) is 1.71. The van der Waals surface area contributed by atoms with E-state index in [0.717, 1.165) is 17.7 Å². The molecule has 0 radical (unpaired) electrons. The minimum atomic E-state index is 0.236. The van der Waals surface area contributed by atoms with Gasteiger partial charge in [0.1, 0.15) is 11.5 Å². The van der Waals surface area contributed by atoms with Crippen LogP contribution in [0, 0.1) is 0 Å². The van der Waals surface area contributed by atoms with Gasteiger partial charge in [-0.25, -0.2) is 0 Å². The zero-order chi connectivity index (χ0) is 10.4. The van der Waals surface area contributed by atoms with Crippen LogP contribution < -0.4 is 4.74 Å². The van der Waals surface area contributed by atoms with Gasteiger partial charge in [0.15, 0.2) is 0 Å². The number of hydrogen-bond acceptors (Lipinski definition) is 3. The Kier molecular flexibility index (Phi) is 4.40. The van der Waals surface area contributed by atoms with Gasteiger partial charge >= 0.3 is 0 Å². The van der Waals surface area contributed by atoms with E-state index in [4.69, 9.17) is 4.74 Å². The molecule has 0 saturated carbocycles. The number of aromatic hydroxyl groups is 1. The molecule has 0 bridgehead atoms. The highest BCUT2D eigenvalue weighted by Crippen LogP contribution is 2.24. The first-order valence-electron chi connectivity index (χ1n) is 4.42. The van der Waals surface area contributed by atoms with Gasteiger partial charge in [0.25, 0.3) is 0 Å². The minimum absolute atomic E-state index is 0.236. The summed E-state index contributed by atoms with van der Waals surface area (Å²) in [6.45, 7) is 0. The van der Waals surface area contributed by atoms with Gasteiger partial charge in [-0.1, -0.05) is 12.2 Å². The molecule has 3 heteroatoms. The fourth-order valence-corrected chi connectivity index (χ4v) is 1.23. The number of ether oxygens (including phenoxy) is 1. The van der Waals surface area contributed by atoms with E-state index in [1.807, 2.05) is 24.3 Å². The Balaban J connectivity index is 2.78. The van der Waals surface area contributed by atoms with Crippen LogP contribution in [-0.2, 0) is 0 Å². The van der Waals surface area contributed by atoms with Crippen LogP contribution in [0.15, 0.2) is 24.3 Å². The molecule has 0 aliphatic rings. The van der Waals surface area contributed by atoms with Crippen molar-refractivity contribution >= 4 is 18.7 Å². The maximum Gasteiger partial charge on any atom is 0.126 e. The largest absolute Gasteiger partial charge is 0.507 e. The van der Waals surface area contributed by atoms with Crippen LogP contribution in [0.5, 0.6) is 11.5 Å². The molecular formula is C11H14O2S. The zero-order valence-electron chi connectivity index (χ0n) is 8.10. The lowest BCUT2D eigenvalue weighted by Gasteiger charge is -2.02. The molecule has 0 aromatic heterocycles. The molecule has 14 heavy (non-hydrogen) atoms. The number of phenols is 1. The standard InChI is InChI=1S/C11H14O2S/c1-13-10-6-5-9(11(12)8-10)4-2-3-7-14/h2,4-6,8,12,14H,3,7H2,1H3. The summed E-state index contributed by atoms with van der Waals surface area (Å²) in [7, 11) is 1.57. The molecule has 1 rings (SSSR count). The highest BCUT2D eigenvalue weighted by molar-refractivity contribution is 7.80. The third-order valence-corrected chi connectivity index (χ3v) is 2.09. The van der Waals surface area contributed by atoms with Gasteiger partial charge < -0.3 is 9.84 Å². The second-order valence-electron chi connectivity index (χ2n) is 2.84. The maximum atomic E-state index is 9.57. The molecule has 0 aliphatic carbocycles. The van der Waals surface area contributed by atoms with E-state index in [9.17, 15) is 5.11 Å². The first-order valence-corrected chi connectivity index (χ1v) is 5.05. The number of benzene rings is 1. The third-order valence-electron chi connectivity index (χ3n) is 1.83. The second-order valence-corrected chi connectivity index (χ2v) is 3.29. The lowest BCUT2D eigenvalue weighted by atomic mass is 10.1. The smallest absolute Gasteiger partial charge is 0.126 e. The van der Waals surface area contributed by atoms with Crippen LogP contribution in [0.1, 0.15) is 12.0 Å². The molecule has 76 valence electrons. The van der Waals surface area contributed by atoms with Crippen molar-refractivity contribution in [2.45, 2.75) is 6.42 Å². The fourth-order valence-electron chi connectivity index (χ4n) is 1.08. The Bertz CT molecular complexity index is 321. The number of rotatable bonds is 4. The molecule has 1 aromatic rings. The van der Waals surface area contributed by atoms with Crippen molar-refractivity contribution in [1.82, 2.24) is 0 Å². The molecule has 0 spiro atoms. The monoisotopic (exact) mass is 210 g/mol. The van der Waals surface area contributed by atoms with Crippen molar-refractivity contribution in [3.8, 4) is 11.5 Å². The van der Waals surface area contributed by atoms with Gasteiger partial charge in [0.05, 0.1) is 7.11 Å². The minimum Gasteiger partial charge on any atom is -0.507 e. The fraction of sp³-hybridized carbons (Fsp3) is 0.273. The summed E-state index contributed by atoms with van der Waals surface area (Å²) in [6.07, 6.45) is 4.76. The number of phenolic OH excluding ortho intramolecular Hbond substituents is 1. The Morgan fingerprint density at radius 1 is 1.50 bits per heavy atom. The Morgan fingerprint density at radius 3 is 2.86 bits per heavy atom. The number of thiol groups is 1. The second kappa shape index (κ2) is 5.60. The molecule has 0 fully saturated rings. The molecule has 0 atom stereocenters. The quantitative estimate of drug-likeness (QED) is 0.748. The van der Waals surface area contributed by atoms with Gasteiger partial charge in [-0.2, -0.15) is 12.6 Å². The van der Waals surface area contributed by atoms with Crippen LogP contribution in [0.25, 0.3) is 6.08 Å². The number of methoxy groups -OCH3 is 1. The molecule has 0 aliphatic heterocycles. The van der Waals surface area contributed by atoms with Crippen LogP contribution >= 0.6 is 12.6 Å². The van der Waals surface area contributed by atoms with Crippen LogP contribution in [0.2, 0.25) is 0 Å². The normalized spacial score (nSPS) is 10.7. The van der Waals surface area contributed by atoms with E-state index < -0.39 is 0 Å². The molecule has 2 nitrogen and oxygen atoms in total. The van der Waals surface area contributed by atoms with E-state index in [2.05, 4.69) is 12.6 Å². The van der Waals surface area contributed by atoms with E-state index in [1.54, 1.807) is 13.2 Å². The van der Waals surface area contributed by atoms with Gasteiger partial charge in [-0.05, 0) is 24.3 Å². The number of hydrogen-bond donors (Lipinski definition) is 2. The Hall–Kier alpha value is -1.09. The molecule has 0 saturated heterocycles. The van der Waals surface area contributed by atoms with E-state index in [-0.39, 0.29) is 5.75 Å². The molecular weight excluding hydrogens is 196 g/mol. The van der Waals surface area contributed by atoms with Crippen LogP contribution in [-0.4, -0.2) is 18.0 Å². The third kappa shape index (κ3) is 3.00. The van der Waals surface area contributed by atoms with Crippen molar-refractivity contribution in [3.05, 3.63) is 29.8 Å². The predicted molar refractivity (Wildman–Crippen MR) is 62.2 cm³/mol. The highest BCUT2D eigenvalue weighted by atomic mass is 32.1. The summed E-state index contributed by atoms with van der Waals surface area (Å²) in [4.78, 5) is 0. The zero-order valence-corrected chi connectivity index (χ0v) is 9.00. The topological polar surface area (TPSA) is 29.5 Å². The molecule has 1 aromatic carbocycles. The van der Waals surface area contributed by atoms with Gasteiger partial charge in [-0.15, -0.1) is 0 Å². The first-order chi connectivity index (χ1) is 6.77. The summed E-state index contributed by atoms with van der Waals surface area (Å²) in [5.41, 5.74) is 0.799. The van der Waals surface area contributed by atoms with Crippen molar-refractivity contribution in [1.29, 1.82) is 0 Å². The average molecular weight is 210 g/mol. The van der Waals surface area contributed by atoms with E-state index in [1.165, 1.54) is 0 Å². The summed E-state index contributed by atoms with van der Waals surface area (Å²) < 4.78 is 4.98. The SMILES string of the molecule is COc1ccc(C=CCCS)c(O)c1. The van der Waals surface area contributed by atoms with Crippen molar-refractivity contribution in [3.63, 3.8) is 0 Å². The summed E-state index contributed by atoms with van der Waals surface area (Å²) >= 11 is 4.09. The van der Waals surface area contributed by atoms with E-state index in [0.29, 0.717) is 5.75 Å². The lowest BCUT2D eigenvalue weighted by Crippen LogP contribution is -1.83. The predicted octanol–water partition coefficient (Wildman–Crippen LogP) is 2.73. The molecule has 0 unspecified atom stereocenters. The first kappa shape index (κ1) is 11.0. The highest BCUT2D eigenvalue weighted by Gasteiger charge is 1.98. The van der Waals surface area contributed by atoms with Gasteiger partial charge in [0, 0.05) is 11.6 Å². The van der Waals surface area contributed by atoms with E-state index >= 15 is 0 Å². The van der Waals surface area contributed by atoms with Crippen LogP contribution in [0.3, 0.4) is 0 Å². The molecule has 1 N–H and O–H groups in total. The van der Waals surface area contributed by atoms with Crippen LogP contribution in [0.4, 0.5) is 0 Å². The molecule has 0 heterocycles. The average Bonchev–Trinajstić information content (AvgIpc) is 2.20. The summed E-state index contributed by atoms with van der Waals surface area (Å²) in [6, 6.07) is 5.24. The Morgan fingerprint density at radius 2 is 2.29 bits per heavy atom. The Labute approximate surface area is 89.6 Å². The van der Waals surface area contributed by atoms with Gasteiger partial charge in [0.2, 0.25) is 0 Å². The summed E-state index contributed by atoms with van der Waals surface area (Å²) in [5, 5.41) is 9.57. The maximum absolute atomic E-state index is 9.57. The van der Waals surface area contributed by atoms with Gasteiger partial charge in [-0.3, -0.25) is 0 Å². The van der Waals surface area contributed by atoms with Crippen molar-refractivity contribution in [2.24, 2.45) is 0 Å². The van der Waals surface area contributed by atoms with Crippen molar-refractivity contribution in [2.75, 3.05) is 12.9 Å². The van der Waals surface area contributed by atoms with Crippen molar-refractivity contribution < 1.29 is 9.84 Å². The number of allylic oxidation sites excluding steroid dienone is 1.